The maximum absolute atomic E-state index is 13.0. The molecule has 4 saturated carbocycles. The molecule has 30 heavy (non-hydrogen) atoms. The van der Waals surface area contributed by atoms with E-state index in [1.807, 2.05) is 19.1 Å². The summed E-state index contributed by atoms with van der Waals surface area (Å²) >= 11 is 0. The van der Waals surface area contributed by atoms with Crippen LogP contribution >= 0.6 is 0 Å². The molecule has 160 valence electrons. The van der Waals surface area contributed by atoms with Gasteiger partial charge in [-0.05, 0) is 86.3 Å². The van der Waals surface area contributed by atoms with E-state index in [0.717, 1.165) is 17.8 Å². The average Bonchev–Trinajstić information content (AvgIpc) is 2.95. The van der Waals surface area contributed by atoms with Crippen LogP contribution in [0.1, 0.15) is 71.7 Å². The molecule has 1 aromatic carbocycles. The monoisotopic (exact) mass is 410 g/mol. The average molecular weight is 411 g/mol. The van der Waals surface area contributed by atoms with Gasteiger partial charge in [-0.1, -0.05) is 6.07 Å². The number of fused-ring (bicyclic) bond motifs is 1. The van der Waals surface area contributed by atoms with Crippen LogP contribution in [0.5, 0.6) is 0 Å². The molecule has 4 bridgehead atoms. The normalized spacial score (nSPS) is 31.4. The Morgan fingerprint density at radius 3 is 2.33 bits per heavy atom. The van der Waals surface area contributed by atoms with Gasteiger partial charge >= 0.3 is 0 Å². The van der Waals surface area contributed by atoms with Gasteiger partial charge in [0.1, 0.15) is 6.61 Å². The van der Waals surface area contributed by atoms with Crippen molar-refractivity contribution >= 4 is 17.7 Å². The molecule has 5 aliphatic rings. The Kier molecular flexibility index (Phi) is 4.92. The third-order valence-corrected chi connectivity index (χ3v) is 7.72. The van der Waals surface area contributed by atoms with Crippen molar-refractivity contribution in [1.29, 1.82) is 0 Å². The van der Waals surface area contributed by atoms with Gasteiger partial charge in [-0.25, -0.2) is 0 Å². The molecular formula is C24H30N2O4. The van der Waals surface area contributed by atoms with Crippen LogP contribution in [0.4, 0.5) is 0 Å². The Hall–Kier alpha value is -2.21. The summed E-state index contributed by atoms with van der Waals surface area (Å²) < 4.78 is 5.06. The van der Waals surface area contributed by atoms with Gasteiger partial charge in [0.05, 0.1) is 11.1 Å². The SMILES string of the molecule is CCOCC(=O)NCCN1C(=O)c2ccc(C34CC5CC(CC(C5)C3)C4)cc2C1=O. The fourth-order valence-electron chi connectivity index (χ4n) is 6.84. The highest BCUT2D eigenvalue weighted by molar-refractivity contribution is 6.21. The largest absolute Gasteiger partial charge is 0.372 e. The van der Waals surface area contributed by atoms with Crippen LogP contribution < -0.4 is 5.32 Å². The molecule has 1 N–H and O–H groups in total. The standard InChI is InChI=1S/C24H30N2O4/c1-2-30-14-21(27)25-5-6-26-22(28)19-4-3-18(10-20(19)23(26)29)24-11-15-7-16(12-24)9-17(8-15)13-24/h3-4,10,15-17H,2,5-9,11-14H2,1H3,(H,25,27). The van der Waals surface area contributed by atoms with Gasteiger partial charge in [0.2, 0.25) is 5.91 Å². The maximum Gasteiger partial charge on any atom is 0.261 e. The first-order valence-electron chi connectivity index (χ1n) is 11.3. The highest BCUT2D eigenvalue weighted by Gasteiger charge is 2.52. The summed E-state index contributed by atoms with van der Waals surface area (Å²) in [6, 6.07) is 5.97. The quantitative estimate of drug-likeness (QED) is 0.702. The van der Waals surface area contributed by atoms with E-state index in [-0.39, 0.29) is 42.8 Å². The highest BCUT2D eigenvalue weighted by Crippen LogP contribution is 2.60. The summed E-state index contributed by atoms with van der Waals surface area (Å²) in [6.07, 6.45) is 7.83. The van der Waals surface area contributed by atoms with Crippen LogP contribution in [0, 0.1) is 17.8 Å². The van der Waals surface area contributed by atoms with Gasteiger partial charge in [-0.15, -0.1) is 0 Å². The molecule has 0 unspecified atom stereocenters. The Balaban J connectivity index is 1.30. The fourth-order valence-corrected chi connectivity index (χ4v) is 6.84. The second-order valence-electron chi connectivity index (χ2n) is 9.71. The molecule has 6 nitrogen and oxygen atoms in total. The minimum Gasteiger partial charge on any atom is -0.372 e. The van der Waals surface area contributed by atoms with Gasteiger partial charge in [0.15, 0.2) is 0 Å². The zero-order valence-corrected chi connectivity index (χ0v) is 17.6. The molecule has 4 fully saturated rings. The Morgan fingerprint density at radius 2 is 1.70 bits per heavy atom. The van der Waals surface area contributed by atoms with E-state index in [4.69, 9.17) is 4.74 Å². The third kappa shape index (κ3) is 3.25. The molecule has 0 radical (unpaired) electrons. The smallest absolute Gasteiger partial charge is 0.261 e. The van der Waals surface area contributed by atoms with Crippen molar-refractivity contribution in [3.63, 3.8) is 0 Å². The van der Waals surface area contributed by atoms with E-state index in [1.165, 1.54) is 49.0 Å². The summed E-state index contributed by atoms with van der Waals surface area (Å²) in [6.45, 7) is 2.70. The number of nitrogens with one attached hydrogen (secondary N) is 1. The molecule has 1 aliphatic heterocycles. The van der Waals surface area contributed by atoms with E-state index in [2.05, 4.69) is 11.4 Å². The third-order valence-electron chi connectivity index (χ3n) is 7.72. The minimum absolute atomic E-state index is 0.00690. The summed E-state index contributed by atoms with van der Waals surface area (Å²) in [7, 11) is 0. The fraction of sp³-hybridized carbons (Fsp3) is 0.625. The number of carbonyl (C=O) groups is 3. The first kappa shape index (κ1) is 19.7. The topological polar surface area (TPSA) is 75.7 Å². The Bertz CT molecular complexity index is 858. The predicted octanol–water partition coefficient (Wildman–Crippen LogP) is 2.90. The van der Waals surface area contributed by atoms with Gasteiger partial charge < -0.3 is 10.1 Å². The van der Waals surface area contributed by atoms with Crippen LogP contribution in [-0.2, 0) is 14.9 Å². The molecule has 1 heterocycles. The second kappa shape index (κ2) is 7.49. The first-order valence-corrected chi connectivity index (χ1v) is 11.3. The number of rotatable bonds is 7. The summed E-state index contributed by atoms with van der Waals surface area (Å²) in [4.78, 5) is 38.7. The van der Waals surface area contributed by atoms with Crippen LogP contribution in [0.3, 0.4) is 0 Å². The van der Waals surface area contributed by atoms with Crippen molar-refractivity contribution in [1.82, 2.24) is 10.2 Å². The molecule has 6 heteroatoms. The van der Waals surface area contributed by atoms with Crippen LogP contribution in [-0.4, -0.2) is 48.9 Å². The summed E-state index contributed by atoms with van der Waals surface area (Å²) in [5.74, 6) is 1.76. The minimum atomic E-state index is -0.258. The number of hydrogen-bond acceptors (Lipinski definition) is 4. The van der Waals surface area contributed by atoms with Crippen LogP contribution in [0.25, 0.3) is 0 Å². The molecule has 1 aromatic rings. The van der Waals surface area contributed by atoms with Crippen molar-refractivity contribution in [3.05, 3.63) is 34.9 Å². The lowest BCUT2D eigenvalue weighted by Gasteiger charge is -2.57. The lowest BCUT2D eigenvalue weighted by Crippen LogP contribution is -2.48. The van der Waals surface area contributed by atoms with Crippen molar-refractivity contribution in [2.75, 3.05) is 26.3 Å². The maximum atomic E-state index is 13.0. The zero-order valence-electron chi connectivity index (χ0n) is 17.6. The number of amides is 3. The van der Waals surface area contributed by atoms with Gasteiger partial charge in [-0.3, -0.25) is 19.3 Å². The van der Waals surface area contributed by atoms with Crippen molar-refractivity contribution in [2.24, 2.45) is 17.8 Å². The Labute approximate surface area is 177 Å². The van der Waals surface area contributed by atoms with Crippen molar-refractivity contribution in [3.8, 4) is 0 Å². The molecule has 3 amide bonds. The molecule has 0 aromatic heterocycles. The summed E-state index contributed by atoms with van der Waals surface area (Å²) in [5.41, 5.74) is 2.49. The number of nitrogens with zero attached hydrogens (tertiary/aromatic N) is 1. The second-order valence-corrected chi connectivity index (χ2v) is 9.71. The number of hydrogen-bond donors (Lipinski definition) is 1. The van der Waals surface area contributed by atoms with Gasteiger partial charge in [0.25, 0.3) is 11.8 Å². The first-order chi connectivity index (χ1) is 14.5. The van der Waals surface area contributed by atoms with E-state index in [1.54, 1.807) is 0 Å². The molecule has 0 saturated heterocycles. The Morgan fingerprint density at radius 1 is 1.07 bits per heavy atom. The molecule has 4 aliphatic carbocycles. The molecule has 0 atom stereocenters. The lowest BCUT2D eigenvalue weighted by molar-refractivity contribution is -0.125. The van der Waals surface area contributed by atoms with Crippen molar-refractivity contribution in [2.45, 2.75) is 50.9 Å². The lowest BCUT2D eigenvalue weighted by atomic mass is 9.48. The van der Waals surface area contributed by atoms with Crippen LogP contribution in [0.2, 0.25) is 0 Å². The highest BCUT2D eigenvalue weighted by atomic mass is 16.5. The number of carbonyl (C=O) groups excluding carboxylic acids is 3. The van der Waals surface area contributed by atoms with Crippen molar-refractivity contribution < 1.29 is 19.1 Å². The van der Waals surface area contributed by atoms with E-state index in [0.29, 0.717) is 17.7 Å². The van der Waals surface area contributed by atoms with E-state index < -0.39 is 0 Å². The molecule has 0 spiro atoms. The predicted molar refractivity (Wildman–Crippen MR) is 111 cm³/mol. The van der Waals surface area contributed by atoms with Gasteiger partial charge in [-0.2, -0.15) is 0 Å². The van der Waals surface area contributed by atoms with E-state index in [9.17, 15) is 14.4 Å². The molecule has 6 rings (SSSR count). The number of imide groups is 1. The van der Waals surface area contributed by atoms with Gasteiger partial charge in [0, 0.05) is 19.7 Å². The zero-order chi connectivity index (χ0) is 20.9. The number of ether oxygens (including phenoxy) is 1. The summed E-state index contributed by atoms with van der Waals surface area (Å²) in [5, 5.41) is 2.70. The molecular weight excluding hydrogens is 380 g/mol. The van der Waals surface area contributed by atoms with E-state index >= 15 is 0 Å². The van der Waals surface area contributed by atoms with Crippen LogP contribution in [0.15, 0.2) is 18.2 Å². The number of benzene rings is 1.